The van der Waals surface area contributed by atoms with Crippen LogP contribution in [-0.4, -0.2) is 42.2 Å². The van der Waals surface area contributed by atoms with Crippen LogP contribution >= 0.6 is 0 Å². The Morgan fingerprint density at radius 3 is 2.90 bits per heavy atom. The monoisotopic (exact) mass is 297 g/mol. The molecule has 1 saturated heterocycles. The lowest BCUT2D eigenvalue weighted by molar-refractivity contribution is -0.168. The minimum atomic E-state index is -4.17. The van der Waals surface area contributed by atoms with E-state index in [1.54, 1.807) is 0 Å². The lowest BCUT2D eigenvalue weighted by atomic mass is 10.00. The molecule has 1 aromatic heterocycles. The molecule has 0 amide bonds. The predicted molar refractivity (Wildman–Crippen MR) is 59.7 cm³/mol. The number of nitrogens with zero attached hydrogens (tertiary/aromatic N) is 2. The molecule has 2 heterocycles. The van der Waals surface area contributed by atoms with E-state index in [0.29, 0.717) is 12.4 Å². The zero-order chi connectivity index (χ0) is 14.6. The highest BCUT2D eigenvalue weighted by atomic mass is 19.3. The molecule has 0 spiro atoms. The molecule has 0 aliphatic carbocycles. The van der Waals surface area contributed by atoms with E-state index in [0.717, 1.165) is 19.4 Å². The molecule has 1 aromatic rings. The van der Waals surface area contributed by atoms with E-state index in [1.807, 2.05) is 0 Å². The first-order chi connectivity index (χ1) is 9.49. The van der Waals surface area contributed by atoms with Crippen LogP contribution in [0, 0.1) is 0 Å². The summed E-state index contributed by atoms with van der Waals surface area (Å²) in [6, 6.07) is 0. The molecular weight excluding hydrogens is 282 g/mol. The van der Waals surface area contributed by atoms with Gasteiger partial charge in [-0.15, -0.1) is 0 Å². The predicted octanol–water partition coefficient (Wildman–Crippen LogP) is 1.95. The van der Waals surface area contributed by atoms with Crippen molar-refractivity contribution in [2.45, 2.75) is 37.7 Å². The Morgan fingerprint density at radius 2 is 2.25 bits per heavy atom. The molecule has 0 aromatic carbocycles. The van der Waals surface area contributed by atoms with Gasteiger partial charge in [-0.25, -0.2) is 8.78 Å². The van der Waals surface area contributed by atoms with Crippen LogP contribution in [0.1, 0.15) is 30.5 Å². The largest absolute Gasteiger partial charge is 0.367 e. The number of hydrogen-bond acceptors (Lipinski definition) is 5. The fourth-order valence-electron chi connectivity index (χ4n) is 1.90. The molecular formula is C11H15F4N3O2. The smallest absolute Gasteiger partial charge is 0.330 e. The van der Waals surface area contributed by atoms with Crippen molar-refractivity contribution in [1.82, 2.24) is 15.5 Å². The molecule has 0 saturated carbocycles. The third-order valence-corrected chi connectivity index (χ3v) is 2.97. The maximum absolute atomic E-state index is 12.6. The zero-order valence-electron chi connectivity index (χ0n) is 10.6. The number of alkyl halides is 4. The molecule has 1 fully saturated rings. The fraction of sp³-hybridized carbons (Fsp3) is 0.818. The van der Waals surface area contributed by atoms with Gasteiger partial charge in [0.1, 0.15) is 13.2 Å². The fourth-order valence-corrected chi connectivity index (χ4v) is 1.90. The van der Waals surface area contributed by atoms with Crippen LogP contribution in [0.3, 0.4) is 0 Å². The Hall–Kier alpha value is -1.22. The van der Waals surface area contributed by atoms with Gasteiger partial charge in [0, 0.05) is 6.54 Å². The molecule has 1 atom stereocenters. The second-order valence-electron chi connectivity index (χ2n) is 4.65. The second-order valence-corrected chi connectivity index (χ2v) is 4.65. The normalized spacial score (nSPS) is 20.6. The molecule has 1 aliphatic rings. The maximum atomic E-state index is 12.6. The van der Waals surface area contributed by atoms with Crippen LogP contribution in [0.15, 0.2) is 4.52 Å². The highest BCUT2D eigenvalue weighted by Gasteiger charge is 2.41. The van der Waals surface area contributed by atoms with Gasteiger partial charge in [0.25, 0.3) is 0 Å². The van der Waals surface area contributed by atoms with Gasteiger partial charge in [-0.05, 0) is 19.4 Å². The van der Waals surface area contributed by atoms with Gasteiger partial charge in [0.2, 0.25) is 5.89 Å². The zero-order valence-corrected chi connectivity index (χ0v) is 10.6. The van der Waals surface area contributed by atoms with Gasteiger partial charge < -0.3 is 14.6 Å². The lowest BCUT2D eigenvalue weighted by Crippen LogP contribution is -2.32. The Bertz CT molecular complexity index is 422. The Kier molecular flexibility index (Phi) is 4.92. The first-order valence-corrected chi connectivity index (χ1v) is 6.26. The number of ether oxygens (including phenoxy) is 1. The molecule has 2 rings (SSSR count). The van der Waals surface area contributed by atoms with E-state index >= 15 is 0 Å². The van der Waals surface area contributed by atoms with E-state index in [2.05, 4.69) is 20.2 Å². The van der Waals surface area contributed by atoms with Crippen molar-refractivity contribution in [1.29, 1.82) is 0 Å². The summed E-state index contributed by atoms with van der Waals surface area (Å²) in [5.41, 5.74) is 0. The van der Waals surface area contributed by atoms with Crippen LogP contribution in [0.5, 0.6) is 0 Å². The third-order valence-electron chi connectivity index (χ3n) is 2.97. The van der Waals surface area contributed by atoms with Crippen molar-refractivity contribution in [3.8, 4) is 0 Å². The summed E-state index contributed by atoms with van der Waals surface area (Å²) in [6.45, 7) is -0.110. The van der Waals surface area contributed by atoms with Gasteiger partial charge in [-0.2, -0.15) is 13.8 Å². The Labute approximate surface area is 112 Å². The van der Waals surface area contributed by atoms with Gasteiger partial charge in [0.15, 0.2) is 5.82 Å². The average Bonchev–Trinajstić information content (AvgIpc) is 2.88. The molecule has 20 heavy (non-hydrogen) atoms. The molecule has 1 aliphatic heterocycles. The van der Waals surface area contributed by atoms with Gasteiger partial charge >= 0.3 is 12.3 Å². The molecule has 1 N–H and O–H groups in total. The van der Waals surface area contributed by atoms with Crippen molar-refractivity contribution in [2.75, 3.05) is 19.7 Å². The topological polar surface area (TPSA) is 60.2 Å². The van der Waals surface area contributed by atoms with Gasteiger partial charge in [-0.3, -0.25) is 0 Å². The standard InChI is InChI=1S/C11H15F4N3O2/c12-10(13)11(14,15)6-19-5-8-17-9(20-18-8)7-2-1-3-16-4-7/h7,10,16H,1-6H2. The summed E-state index contributed by atoms with van der Waals surface area (Å²) >= 11 is 0. The van der Waals surface area contributed by atoms with Crippen molar-refractivity contribution < 1.29 is 26.8 Å². The quantitative estimate of drug-likeness (QED) is 0.813. The van der Waals surface area contributed by atoms with Crippen molar-refractivity contribution in [3.05, 3.63) is 11.7 Å². The number of rotatable bonds is 6. The lowest BCUT2D eigenvalue weighted by Gasteiger charge is -2.18. The summed E-state index contributed by atoms with van der Waals surface area (Å²) in [6.07, 6.45) is -1.87. The summed E-state index contributed by atoms with van der Waals surface area (Å²) < 4.78 is 58.5. The second kappa shape index (κ2) is 6.49. The maximum Gasteiger partial charge on any atom is 0.330 e. The Balaban J connectivity index is 1.81. The number of aromatic nitrogens is 2. The number of hydrogen-bond donors (Lipinski definition) is 1. The molecule has 0 bridgehead atoms. The van der Waals surface area contributed by atoms with E-state index in [-0.39, 0.29) is 18.3 Å². The highest BCUT2D eigenvalue weighted by Crippen LogP contribution is 2.24. The van der Waals surface area contributed by atoms with E-state index < -0.39 is 19.0 Å². The van der Waals surface area contributed by atoms with Crippen LogP contribution in [0.25, 0.3) is 0 Å². The summed E-state index contributed by atoms with van der Waals surface area (Å²) in [4.78, 5) is 4.02. The molecule has 9 heteroatoms. The van der Waals surface area contributed by atoms with Crippen molar-refractivity contribution in [2.24, 2.45) is 0 Å². The van der Waals surface area contributed by atoms with Crippen LogP contribution in [-0.2, 0) is 11.3 Å². The molecule has 1 unspecified atom stereocenters. The SMILES string of the molecule is FC(F)C(F)(F)COCc1noc(C2CCCNC2)n1. The highest BCUT2D eigenvalue weighted by molar-refractivity contribution is 4.96. The van der Waals surface area contributed by atoms with E-state index in [1.165, 1.54) is 0 Å². The van der Waals surface area contributed by atoms with E-state index in [9.17, 15) is 17.6 Å². The number of piperidine rings is 1. The van der Waals surface area contributed by atoms with Crippen LogP contribution in [0.2, 0.25) is 0 Å². The minimum Gasteiger partial charge on any atom is -0.367 e. The first kappa shape index (κ1) is 15.2. The van der Waals surface area contributed by atoms with Gasteiger partial charge in [0.05, 0.1) is 5.92 Å². The summed E-state index contributed by atoms with van der Waals surface area (Å²) in [5.74, 6) is -3.58. The van der Waals surface area contributed by atoms with Crippen LogP contribution in [0.4, 0.5) is 17.6 Å². The summed E-state index contributed by atoms with van der Waals surface area (Å²) in [7, 11) is 0. The average molecular weight is 297 g/mol. The summed E-state index contributed by atoms with van der Waals surface area (Å²) in [5, 5.41) is 6.76. The van der Waals surface area contributed by atoms with Crippen molar-refractivity contribution in [3.63, 3.8) is 0 Å². The van der Waals surface area contributed by atoms with Gasteiger partial charge in [-0.1, -0.05) is 5.16 Å². The minimum absolute atomic E-state index is 0.0793. The molecule has 0 radical (unpaired) electrons. The molecule has 114 valence electrons. The number of halogens is 4. The Morgan fingerprint density at radius 1 is 1.45 bits per heavy atom. The number of nitrogens with one attached hydrogen (secondary N) is 1. The first-order valence-electron chi connectivity index (χ1n) is 6.26. The third kappa shape index (κ3) is 3.89. The van der Waals surface area contributed by atoms with Crippen LogP contribution < -0.4 is 5.32 Å². The molecule has 5 nitrogen and oxygen atoms in total. The van der Waals surface area contributed by atoms with E-state index in [4.69, 9.17) is 4.52 Å². The van der Waals surface area contributed by atoms with Crippen molar-refractivity contribution >= 4 is 0 Å².